The summed E-state index contributed by atoms with van der Waals surface area (Å²) in [4.78, 5) is 19.5. The van der Waals surface area contributed by atoms with Gasteiger partial charge in [-0.25, -0.2) is 9.38 Å². The SMILES string of the molecule is CCN1C(=O)/C(=C\c2cc(Cl)c(OCc3ccc(Cl)c(Cl)c3)c(Br)c2)SC1=Nc1ccc(F)cc1. The first-order chi connectivity index (χ1) is 16.7. The monoisotopic (exact) mass is 612 g/mol. The Morgan fingerprint density at radius 3 is 2.46 bits per heavy atom. The first kappa shape index (κ1) is 26.0. The summed E-state index contributed by atoms with van der Waals surface area (Å²) in [5.41, 5.74) is 2.13. The lowest BCUT2D eigenvalue weighted by molar-refractivity contribution is -0.122. The van der Waals surface area contributed by atoms with Crippen LogP contribution in [0.5, 0.6) is 5.75 Å². The van der Waals surface area contributed by atoms with Crippen molar-refractivity contribution in [2.45, 2.75) is 13.5 Å². The number of benzene rings is 3. The number of rotatable bonds is 6. The van der Waals surface area contributed by atoms with Crippen LogP contribution in [0.4, 0.5) is 10.1 Å². The zero-order valence-electron chi connectivity index (χ0n) is 18.2. The number of hydrogen-bond donors (Lipinski definition) is 0. The zero-order valence-corrected chi connectivity index (χ0v) is 22.9. The summed E-state index contributed by atoms with van der Waals surface area (Å²) in [6.45, 7) is 2.57. The summed E-state index contributed by atoms with van der Waals surface area (Å²) in [6.07, 6.45) is 1.75. The van der Waals surface area contributed by atoms with Gasteiger partial charge in [0.1, 0.15) is 12.4 Å². The number of amidine groups is 1. The molecule has 0 radical (unpaired) electrons. The number of carbonyl (C=O) groups is 1. The molecule has 1 heterocycles. The number of thioether (sulfide) groups is 1. The van der Waals surface area contributed by atoms with E-state index in [9.17, 15) is 9.18 Å². The van der Waals surface area contributed by atoms with Crippen LogP contribution in [0.15, 0.2) is 69.0 Å². The Balaban J connectivity index is 1.55. The van der Waals surface area contributed by atoms with Gasteiger partial charge in [0.2, 0.25) is 0 Å². The molecular formula is C25H17BrCl3FN2O2S. The van der Waals surface area contributed by atoms with Gasteiger partial charge in [-0.3, -0.25) is 9.69 Å². The van der Waals surface area contributed by atoms with E-state index in [1.807, 2.05) is 19.1 Å². The Hall–Kier alpha value is -2.03. The molecule has 10 heteroatoms. The number of aliphatic imine (C=N–C) groups is 1. The fourth-order valence-corrected chi connectivity index (χ4v) is 5.61. The number of likely N-dealkylation sites (N-methyl/N-ethyl adjacent to an activating group) is 1. The van der Waals surface area contributed by atoms with Crippen molar-refractivity contribution in [1.82, 2.24) is 4.90 Å². The van der Waals surface area contributed by atoms with Gasteiger partial charge >= 0.3 is 0 Å². The number of amides is 1. The van der Waals surface area contributed by atoms with E-state index in [1.165, 1.54) is 23.9 Å². The topological polar surface area (TPSA) is 41.9 Å². The van der Waals surface area contributed by atoms with E-state index in [0.717, 1.165) is 11.1 Å². The highest BCUT2D eigenvalue weighted by Crippen LogP contribution is 2.38. The summed E-state index contributed by atoms with van der Waals surface area (Å²) < 4.78 is 19.7. The van der Waals surface area contributed by atoms with Crippen LogP contribution in [0.2, 0.25) is 15.1 Å². The van der Waals surface area contributed by atoms with Gasteiger partial charge in [0, 0.05) is 6.54 Å². The van der Waals surface area contributed by atoms with Crippen molar-refractivity contribution in [3.8, 4) is 5.75 Å². The molecule has 0 unspecified atom stereocenters. The fourth-order valence-electron chi connectivity index (χ4n) is 3.23. The normalized spacial score (nSPS) is 15.9. The number of ether oxygens (including phenoxy) is 1. The van der Waals surface area contributed by atoms with Gasteiger partial charge in [-0.2, -0.15) is 0 Å². The van der Waals surface area contributed by atoms with Crippen LogP contribution in [0.25, 0.3) is 6.08 Å². The molecule has 4 rings (SSSR count). The van der Waals surface area contributed by atoms with Crippen LogP contribution in [-0.2, 0) is 11.4 Å². The van der Waals surface area contributed by atoms with Crippen LogP contribution in [0.3, 0.4) is 0 Å². The van der Waals surface area contributed by atoms with Crippen molar-refractivity contribution in [2.24, 2.45) is 4.99 Å². The molecule has 1 saturated heterocycles. The van der Waals surface area contributed by atoms with E-state index in [4.69, 9.17) is 39.5 Å². The second-order valence-electron chi connectivity index (χ2n) is 7.38. The maximum absolute atomic E-state index is 13.2. The number of hydrogen-bond acceptors (Lipinski definition) is 4. The maximum atomic E-state index is 13.2. The third-order valence-electron chi connectivity index (χ3n) is 4.94. The van der Waals surface area contributed by atoms with Crippen LogP contribution in [0, 0.1) is 5.82 Å². The highest BCUT2D eigenvalue weighted by molar-refractivity contribution is 9.10. The molecule has 0 atom stereocenters. The number of nitrogens with zero attached hydrogens (tertiary/aromatic N) is 2. The molecule has 1 amide bonds. The molecule has 0 spiro atoms. The molecule has 0 aromatic heterocycles. The summed E-state index contributed by atoms with van der Waals surface area (Å²) in [7, 11) is 0. The Labute approximate surface area is 229 Å². The highest BCUT2D eigenvalue weighted by Gasteiger charge is 2.32. The molecule has 0 N–H and O–H groups in total. The first-order valence-corrected chi connectivity index (χ1v) is 13.1. The van der Waals surface area contributed by atoms with Crippen molar-refractivity contribution in [1.29, 1.82) is 0 Å². The van der Waals surface area contributed by atoms with E-state index < -0.39 is 0 Å². The van der Waals surface area contributed by atoms with Crippen molar-refractivity contribution < 1.29 is 13.9 Å². The average molecular weight is 615 g/mol. The van der Waals surface area contributed by atoms with Crippen molar-refractivity contribution in [3.63, 3.8) is 0 Å². The van der Waals surface area contributed by atoms with Gasteiger partial charge in [-0.05, 0) is 100 Å². The molecule has 1 aliphatic heterocycles. The molecule has 0 saturated carbocycles. The smallest absolute Gasteiger partial charge is 0.266 e. The fraction of sp³-hybridized carbons (Fsp3) is 0.120. The molecule has 180 valence electrons. The maximum Gasteiger partial charge on any atom is 0.266 e. The summed E-state index contributed by atoms with van der Waals surface area (Å²) in [5.74, 6) is -0.0338. The predicted molar refractivity (Wildman–Crippen MR) is 146 cm³/mol. The van der Waals surface area contributed by atoms with E-state index >= 15 is 0 Å². The highest BCUT2D eigenvalue weighted by atomic mass is 79.9. The van der Waals surface area contributed by atoms with Crippen molar-refractivity contribution in [2.75, 3.05) is 6.54 Å². The van der Waals surface area contributed by atoms with E-state index in [-0.39, 0.29) is 18.3 Å². The van der Waals surface area contributed by atoms with E-state index in [2.05, 4.69) is 20.9 Å². The standard InChI is InChI=1S/C25H17BrCl3FN2O2S/c1-2-32-24(33)22(35-25(32)31-17-6-4-16(30)5-7-17)12-15-9-18(26)23(21(29)11-15)34-13-14-3-8-19(27)20(28)10-14/h3-12H,2,13H2,1H3/b22-12+,31-25?. The van der Waals surface area contributed by atoms with Crippen LogP contribution >= 0.6 is 62.5 Å². The molecule has 0 bridgehead atoms. The molecule has 4 nitrogen and oxygen atoms in total. The Bertz CT molecular complexity index is 1330. The number of carbonyl (C=O) groups excluding carboxylic acids is 1. The lowest BCUT2D eigenvalue weighted by atomic mass is 10.2. The van der Waals surface area contributed by atoms with Crippen LogP contribution in [-0.4, -0.2) is 22.5 Å². The van der Waals surface area contributed by atoms with Gasteiger partial charge in [0.25, 0.3) is 5.91 Å². The minimum absolute atomic E-state index is 0.162. The lowest BCUT2D eigenvalue weighted by Crippen LogP contribution is -2.28. The van der Waals surface area contributed by atoms with Gasteiger partial charge in [-0.1, -0.05) is 40.9 Å². The molecule has 3 aromatic carbocycles. The van der Waals surface area contributed by atoms with Crippen molar-refractivity contribution in [3.05, 3.63) is 96.0 Å². The summed E-state index contributed by atoms with van der Waals surface area (Å²) in [5, 5.41) is 1.83. The van der Waals surface area contributed by atoms with Gasteiger partial charge < -0.3 is 4.74 Å². The zero-order chi connectivity index (χ0) is 25.1. The van der Waals surface area contributed by atoms with Gasteiger partial charge in [0.15, 0.2) is 10.9 Å². The molecule has 1 fully saturated rings. The van der Waals surface area contributed by atoms with Gasteiger partial charge in [0.05, 0.1) is 30.1 Å². The second-order valence-corrected chi connectivity index (χ2v) is 10.5. The minimum atomic E-state index is -0.344. The third kappa shape index (κ3) is 6.22. The molecule has 1 aliphatic rings. The molecule has 3 aromatic rings. The van der Waals surface area contributed by atoms with Crippen LogP contribution in [0.1, 0.15) is 18.1 Å². The largest absolute Gasteiger partial charge is 0.486 e. The van der Waals surface area contributed by atoms with Crippen molar-refractivity contribution >= 4 is 85.3 Å². The van der Waals surface area contributed by atoms with Gasteiger partial charge in [-0.15, -0.1) is 0 Å². The Morgan fingerprint density at radius 1 is 1.06 bits per heavy atom. The average Bonchev–Trinajstić information content (AvgIpc) is 3.10. The number of halogens is 5. The van der Waals surface area contributed by atoms with Crippen LogP contribution < -0.4 is 4.74 Å². The molecular weight excluding hydrogens is 598 g/mol. The lowest BCUT2D eigenvalue weighted by Gasteiger charge is -2.12. The Morgan fingerprint density at radius 2 is 1.80 bits per heavy atom. The summed E-state index contributed by atoms with van der Waals surface area (Å²) >= 11 is 23.3. The molecule has 35 heavy (non-hydrogen) atoms. The minimum Gasteiger partial charge on any atom is -0.486 e. The van der Waals surface area contributed by atoms with E-state index in [1.54, 1.807) is 41.3 Å². The third-order valence-corrected chi connectivity index (χ3v) is 7.56. The molecule has 0 aliphatic carbocycles. The Kier molecular flexibility index (Phi) is 8.45. The summed E-state index contributed by atoms with van der Waals surface area (Å²) in [6, 6.07) is 14.6. The predicted octanol–water partition coefficient (Wildman–Crippen LogP) is 8.75. The quantitative estimate of drug-likeness (QED) is 0.261. The second kappa shape index (κ2) is 11.4. The first-order valence-electron chi connectivity index (χ1n) is 10.4. The van der Waals surface area contributed by atoms with E-state index in [0.29, 0.717) is 47.6 Å².